The summed E-state index contributed by atoms with van der Waals surface area (Å²) in [5.74, 6) is -1.56. The zero-order valence-electron chi connectivity index (χ0n) is 84.9. The Bertz CT molecular complexity index is 3150. The largest absolute Gasteiger partial charge is 0.472 e. The van der Waals surface area contributed by atoms with Crippen LogP contribution in [-0.4, -0.2) is 95.9 Å². The zero-order chi connectivity index (χ0) is 96.4. The van der Waals surface area contributed by atoms with Gasteiger partial charge in [-0.2, -0.15) is 0 Å². The average molecular weight is 1900 g/mol. The van der Waals surface area contributed by atoms with E-state index in [-0.39, 0.29) is 19.3 Å². The molecule has 5 atom stereocenters. The third-order valence-corrected chi connectivity index (χ3v) is 25.0. The molecule has 0 amide bonds. The van der Waals surface area contributed by atoms with Crippen LogP contribution < -0.4 is 0 Å². The van der Waals surface area contributed by atoms with Crippen molar-refractivity contribution < 1.29 is 75.8 Å². The Hall–Kier alpha value is -5.35. The summed E-state index contributed by atoms with van der Waals surface area (Å²) in [5, 5.41) is 20.8. The van der Waals surface area contributed by atoms with Crippen molar-refractivity contribution >= 4 is 33.6 Å². The number of phosphoric acid groups is 2. The highest BCUT2D eigenvalue weighted by Crippen LogP contribution is 2.45. The first kappa shape index (κ1) is 128. The molecule has 0 rings (SSSR count). The van der Waals surface area contributed by atoms with Gasteiger partial charge in [0.2, 0.25) is 0 Å². The maximum atomic E-state index is 13.2. The van der Waals surface area contributed by atoms with Crippen molar-refractivity contribution in [3.05, 3.63) is 182 Å². The third-order valence-electron chi connectivity index (χ3n) is 23.1. The van der Waals surface area contributed by atoms with E-state index in [4.69, 9.17) is 32.3 Å². The Balaban J connectivity index is 4.60. The quantitative estimate of drug-likeness (QED) is 0.0146. The van der Waals surface area contributed by atoms with Gasteiger partial charge in [-0.3, -0.25) is 32.5 Å². The maximum absolute atomic E-state index is 13.2. The SMILES string of the molecule is CC/C=C\C/C=C\C/C=C\C/C=C\C/C=C\C/C=C\CCCCCCCCCCCCCCC(=O)OCC(COP(=O)(O)OCC(O)COP(=O)(O)OCC(O)COC(=O)CCCCCCCCCCCCCCCCCCCCC/C=C\C/C=C\C/C=C\C/C=C\C/C=C\CC)OC(=O)CCCCCCCCCCCCCCCCC/C=C\C/C=C\C/C=C\C/C=C\CCCCC. The lowest BCUT2D eigenvalue weighted by molar-refractivity contribution is -0.161. The van der Waals surface area contributed by atoms with Gasteiger partial charge in [0.15, 0.2) is 6.10 Å². The highest BCUT2D eigenvalue weighted by molar-refractivity contribution is 7.47. The molecule has 764 valence electrons. The van der Waals surface area contributed by atoms with Gasteiger partial charge in [-0.25, -0.2) is 9.13 Å². The molecule has 5 unspecified atom stereocenters. The van der Waals surface area contributed by atoms with E-state index >= 15 is 0 Å². The Morgan fingerprint density at radius 2 is 0.398 bits per heavy atom. The molecule has 0 aliphatic rings. The van der Waals surface area contributed by atoms with E-state index in [1.807, 2.05) is 0 Å². The maximum Gasteiger partial charge on any atom is 0.472 e. The molecule has 0 aromatic heterocycles. The van der Waals surface area contributed by atoms with Gasteiger partial charge in [-0.05, 0) is 161 Å². The summed E-state index contributed by atoms with van der Waals surface area (Å²) in [5.41, 5.74) is 0. The predicted molar refractivity (Wildman–Crippen MR) is 565 cm³/mol. The fourth-order valence-electron chi connectivity index (χ4n) is 15.0. The fraction of sp³-hybridized carbons (Fsp3) is 0.713. The van der Waals surface area contributed by atoms with E-state index in [1.165, 1.54) is 244 Å². The van der Waals surface area contributed by atoms with Gasteiger partial charge in [0.25, 0.3) is 0 Å². The van der Waals surface area contributed by atoms with Crippen LogP contribution >= 0.6 is 15.6 Å². The summed E-state index contributed by atoms with van der Waals surface area (Å²) in [6, 6.07) is 0. The Labute approximate surface area is 815 Å². The number of carbonyl (C=O) groups excluding carboxylic acids is 3. The fourth-order valence-corrected chi connectivity index (χ4v) is 16.6. The molecular formula is C115H198O16P2. The summed E-state index contributed by atoms with van der Waals surface area (Å²) >= 11 is 0. The second kappa shape index (κ2) is 106. The molecule has 0 aromatic carbocycles. The first-order valence-corrected chi connectivity index (χ1v) is 57.1. The molecule has 0 heterocycles. The van der Waals surface area contributed by atoms with Gasteiger partial charge in [0.05, 0.1) is 26.4 Å². The van der Waals surface area contributed by atoms with E-state index < -0.39 is 91.5 Å². The number of esters is 3. The molecule has 0 saturated heterocycles. The van der Waals surface area contributed by atoms with Crippen LogP contribution in [0.25, 0.3) is 0 Å². The van der Waals surface area contributed by atoms with Crippen LogP contribution in [0.3, 0.4) is 0 Å². The Kier molecular flexibility index (Phi) is 101. The molecule has 0 bridgehead atoms. The van der Waals surface area contributed by atoms with Crippen molar-refractivity contribution in [3.63, 3.8) is 0 Å². The van der Waals surface area contributed by atoms with E-state index in [2.05, 4.69) is 203 Å². The Morgan fingerprint density at radius 3 is 0.632 bits per heavy atom. The lowest BCUT2D eigenvalue weighted by Gasteiger charge is -2.21. The number of carbonyl (C=O) groups is 3. The number of phosphoric ester groups is 2. The number of unbranched alkanes of at least 4 members (excludes halogenated alkanes) is 49. The number of ether oxygens (including phenoxy) is 3. The molecule has 0 fully saturated rings. The van der Waals surface area contributed by atoms with Crippen molar-refractivity contribution in [1.29, 1.82) is 0 Å². The monoisotopic (exact) mass is 1900 g/mol. The molecule has 0 aromatic rings. The van der Waals surface area contributed by atoms with Crippen molar-refractivity contribution in [2.75, 3.05) is 39.6 Å². The number of hydrogen-bond acceptors (Lipinski definition) is 14. The highest BCUT2D eigenvalue weighted by Gasteiger charge is 2.30. The van der Waals surface area contributed by atoms with Crippen LogP contribution in [0.5, 0.6) is 0 Å². The first-order valence-electron chi connectivity index (χ1n) is 54.1. The minimum Gasteiger partial charge on any atom is -0.463 e. The molecule has 16 nitrogen and oxygen atoms in total. The van der Waals surface area contributed by atoms with Gasteiger partial charge in [-0.15, -0.1) is 0 Å². The molecule has 0 radical (unpaired) electrons. The zero-order valence-corrected chi connectivity index (χ0v) is 86.7. The highest BCUT2D eigenvalue weighted by atomic mass is 31.2. The lowest BCUT2D eigenvalue weighted by Crippen LogP contribution is -2.30. The lowest BCUT2D eigenvalue weighted by atomic mass is 10.0. The second-order valence-electron chi connectivity index (χ2n) is 36.0. The van der Waals surface area contributed by atoms with Crippen LogP contribution in [0, 0.1) is 0 Å². The first-order chi connectivity index (χ1) is 65.2. The van der Waals surface area contributed by atoms with E-state index in [9.17, 15) is 43.5 Å². The average Bonchev–Trinajstić information content (AvgIpc) is 0.900. The molecule has 0 spiro atoms. The van der Waals surface area contributed by atoms with Crippen molar-refractivity contribution in [1.82, 2.24) is 0 Å². The molecule has 133 heavy (non-hydrogen) atoms. The van der Waals surface area contributed by atoms with Crippen LogP contribution in [-0.2, 0) is 55.8 Å². The molecule has 18 heteroatoms. The molecular weight excluding hydrogens is 1700 g/mol. The van der Waals surface area contributed by atoms with Crippen LogP contribution in [0.2, 0.25) is 0 Å². The van der Waals surface area contributed by atoms with E-state index in [1.54, 1.807) is 0 Å². The van der Waals surface area contributed by atoms with Gasteiger partial charge in [-0.1, -0.05) is 473 Å². The van der Waals surface area contributed by atoms with Gasteiger partial charge in [0, 0.05) is 19.3 Å². The van der Waals surface area contributed by atoms with Gasteiger partial charge < -0.3 is 34.2 Å². The number of aliphatic hydroxyl groups excluding tert-OH is 2. The van der Waals surface area contributed by atoms with Crippen molar-refractivity contribution in [2.45, 2.75) is 489 Å². The standard InChI is InChI=1S/C115H198O16P2/c1-4-7-10-13-16-19-22-25-28-31-34-37-40-43-46-49-52-53-54-55-58-60-62-65-68-71-74-77-80-83-86-89-92-95-98-101-113(118)125-104-110(116)105-127-132(121,122)128-106-111(117)107-129-133(123,124)130-109-112(131-115(120)103-100-97-94-91-88-85-82-79-76-73-70-67-64-61-57-51-48-45-42-39-36-33-30-27-24-21-18-15-12-9-6-3)108-126-114(119)102-99-96-93-90-87-84-81-78-75-72-69-66-63-59-56-50-47-44-41-38-35-32-29-26-23-20-17-14-11-8-5-2/h7-8,10-11,16-21,25-30,34-39,43-48,56,59,110-112,116-117H,4-6,9,12-15,22-24,31-33,40-42,49-55,57-58,60-109H2,1-3H3,(H,121,122)(H,123,124)/b10-7-,11-8-,19-16-,20-17-,21-18-,28-25-,29-26-,30-27-,37-34-,38-35-,39-36-,46-43-,47-44-,48-45-,59-56-. The summed E-state index contributed by atoms with van der Waals surface area (Å²) in [6.45, 7) is 2.51. The Morgan fingerprint density at radius 1 is 0.218 bits per heavy atom. The minimum absolute atomic E-state index is 0.101. The normalized spacial score (nSPS) is 14.3. The minimum atomic E-state index is -4.95. The topological polar surface area (TPSA) is 231 Å². The summed E-state index contributed by atoms with van der Waals surface area (Å²) in [6.07, 6.45) is 141. The van der Waals surface area contributed by atoms with E-state index in [0.717, 1.165) is 167 Å². The molecule has 0 aliphatic carbocycles. The van der Waals surface area contributed by atoms with Gasteiger partial charge >= 0.3 is 33.6 Å². The summed E-state index contributed by atoms with van der Waals surface area (Å²) < 4.78 is 61.8. The van der Waals surface area contributed by atoms with Crippen LogP contribution in [0.1, 0.15) is 470 Å². The van der Waals surface area contributed by atoms with Crippen LogP contribution in [0.15, 0.2) is 182 Å². The number of rotatable bonds is 102. The summed E-state index contributed by atoms with van der Waals surface area (Å²) in [4.78, 5) is 59.3. The predicted octanol–water partition coefficient (Wildman–Crippen LogP) is 34.7. The van der Waals surface area contributed by atoms with Crippen molar-refractivity contribution in [3.8, 4) is 0 Å². The molecule has 4 N–H and O–H groups in total. The summed E-state index contributed by atoms with van der Waals surface area (Å²) in [7, 11) is -9.82. The number of aliphatic hydroxyl groups is 2. The van der Waals surface area contributed by atoms with Crippen LogP contribution in [0.4, 0.5) is 0 Å². The number of hydrogen-bond donors (Lipinski definition) is 4. The van der Waals surface area contributed by atoms with Crippen molar-refractivity contribution in [2.24, 2.45) is 0 Å². The van der Waals surface area contributed by atoms with Gasteiger partial charge in [0.1, 0.15) is 25.4 Å². The molecule has 0 saturated carbocycles. The number of allylic oxidation sites excluding steroid dienone is 30. The third kappa shape index (κ3) is 107. The van der Waals surface area contributed by atoms with E-state index in [0.29, 0.717) is 19.3 Å². The smallest absolute Gasteiger partial charge is 0.463 e. The molecule has 0 aliphatic heterocycles. The second-order valence-corrected chi connectivity index (χ2v) is 38.9.